The van der Waals surface area contributed by atoms with Crippen molar-refractivity contribution in [2.24, 2.45) is 0 Å². The van der Waals surface area contributed by atoms with Crippen molar-refractivity contribution in [3.8, 4) is 5.88 Å². The van der Waals surface area contributed by atoms with Crippen LogP contribution in [0.1, 0.15) is 38.7 Å². The predicted molar refractivity (Wildman–Crippen MR) is 81.4 cm³/mol. The van der Waals surface area contributed by atoms with Crippen LogP contribution < -0.4 is 10.1 Å². The molecule has 0 unspecified atom stereocenters. The van der Waals surface area contributed by atoms with Crippen molar-refractivity contribution in [3.63, 3.8) is 0 Å². The average molecular weight is 278 g/mol. The molecule has 0 spiro atoms. The van der Waals surface area contributed by atoms with Crippen LogP contribution in [0.4, 0.5) is 5.82 Å². The van der Waals surface area contributed by atoms with Crippen LogP contribution in [0.3, 0.4) is 0 Å². The molecule has 1 fully saturated rings. The molecule has 1 aromatic rings. The maximum atomic E-state index is 5.88. The molecule has 1 aliphatic rings. The third-order valence-corrected chi connectivity index (χ3v) is 3.70. The highest BCUT2D eigenvalue weighted by molar-refractivity contribution is 5.48. The fourth-order valence-electron chi connectivity index (χ4n) is 2.61. The molecule has 0 aliphatic carbocycles. The van der Waals surface area contributed by atoms with Crippen LogP contribution in [0.15, 0.2) is 6.33 Å². The van der Waals surface area contributed by atoms with Crippen molar-refractivity contribution in [2.75, 3.05) is 38.1 Å². The molecule has 0 amide bonds. The lowest BCUT2D eigenvalue weighted by Crippen LogP contribution is -2.33. The van der Waals surface area contributed by atoms with Crippen LogP contribution in [0.2, 0.25) is 0 Å². The van der Waals surface area contributed by atoms with E-state index in [-0.39, 0.29) is 0 Å². The van der Waals surface area contributed by atoms with Gasteiger partial charge in [0.1, 0.15) is 18.8 Å². The molecular formula is C15H26N4O. The smallest absolute Gasteiger partial charge is 0.221 e. The summed E-state index contributed by atoms with van der Waals surface area (Å²) >= 11 is 0. The number of hydrogen-bond donors (Lipinski definition) is 1. The van der Waals surface area contributed by atoms with Crippen molar-refractivity contribution in [1.82, 2.24) is 14.9 Å². The van der Waals surface area contributed by atoms with Gasteiger partial charge >= 0.3 is 0 Å². The quantitative estimate of drug-likeness (QED) is 0.829. The highest BCUT2D eigenvalue weighted by atomic mass is 16.5. The molecule has 5 heteroatoms. The minimum atomic E-state index is 0.704. The fourth-order valence-corrected chi connectivity index (χ4v) is 2.61. The zero-order chi connectivity index (χ0) is 14.2. The van der Waals surface area contributed by atoms with Gasteiger partial charge in [0.2, 0.25) is 5.88 Å². The van der Waals surface area contributed by atoms with Crippen molar-refractivity contribution in [1.29, 1.82) is 0 Å². The minimum Gasteiger partial charge on any atom is -0.476 e. The van der Waals surface area contributed by atoms with Crippen molar-refractivity contribution in [2.45, 2.75) is 39.5 Å². The summed E-state index contributed by atoms with van der Waals surface area (Å²) < 4.78 is 5.88. The van der Waals surface area contributed by atoms with Gasteiger partial charge in [-0.3, -0.25) is 4.90 Å². The van der Waals surface area contributed by atoms with E-state index in [0.29, 0.717) is 6.61 Å². The summed E-state index contributed by atoms with van der Waals surface area (Å²) in [4.78, 5) is 11.0. The third kappa shape index (κ3) is 4.07. The number of anilines is 1. The molecule has 20 heavy (non-hydrogen) atoms. The number of ether oxygens (including phenoxy) is 1. The van der Waals surface area contributed by atoms with E-state index in [1.807, 2.05) is 0 Å². The van der Waals surface area contributed by atoms with Crippen molar-refractivity contribution < 1.29 is 4.74 Å². The largest absolute Gasteiger partial charge is 0.476 e. The Bertz CT molecular complexity index is 405. The molecule has 0 aromatic carbocycles. The fraction of sp³-hybridized carbons (Fsp3) is 0.733. The zero-order valence-electron chi connectivity index (χ0n) is 12.7. The molecule has 112 valence electrons. The number of nitrogens with zero attached hydrogens (tertiary/aromatic N) is 3. The van der Waals surface area contributed by atoms with Crippen LogP contribution in [-0.2, 0) is 6.42 Å². The van der Waals surface area contributed by atoms with Gasteiger partial charge in [0.15, 0.2) is 0 Å². The lowest BCUT2D eigenvalue weighted by molar-refractivity contribution is 0.180. The van der Waals surface area contributed by atoms with Crippen molar-refractivity contribution in [3.05, 3.63) is 11.9 Å². The first-order valence-corrected chi connectivity index (χ1v) is 7.78. The Morgan fingerprint density at radius 3 is 2.70 bits per heavy atom. The summed E-state index contributed by atoms with van der Waals surface area (Å²) in [6, 6.07) is 0. The topological polar surface area (TPSA) is 50.3 Å². The molecule has 1 aromatic heterocycles. The molecule has 0 saturated carbocycles. The van der Waals surface area contributed by atoms with Crippen LogP contribution in [0.25, 0.3) is 0 Å². The predicted octanol–water partition coefficient (Wildman–Crippen LogP) is 2.34. The van der Waals surface area contributed by atoms with Gasteiger partial charge in [-0.15, -0.1) is 0 Å². The Morgan fingerprint density at radius 2 is 2.00 bits per heavy atom. The molecule has 1 aliphatic heterocycles. The SMILES string of the molecule is CCNc1ncnc(OCCN2CCCCC2)c1CC. The van der Waals surface area contributed by atoms with E-state index in [4.69, 9.17) is 4.74 Å². The molecular weight excluding hydrogens is 252 g/mol. The summed E-state index contributed by atoms with van der Waals surface area (Å²) in [6.07, 6.45) is 6.46. The lowest BCUT2D eigenvalue weighted by atomic mass is 10.1. The Kier molecular flexibility index (Phi) is 6.05. The summed E-state index contributed by atoms with van der Waals surface area (Å²) in [5.41, 5.74) is 1.08. The summed E-state index contributed by atoms with van der Waals surface area (Å²) in [5.74, 6) is 1.63. The minimum absolute atomic E-state index is 0.704. The van der Waals surface area contributed by atoms with E-state index in [1.165, 1.54) is 32.4 Å². The molecule has 0 radical (unpaired) electrons. The molecule has 5 nitrogen and oxygen atoms in total. The van der Waals surface area contributed by atoms with Crippen LogP contribution in [-0.4, -0.2) is 47.7 Å². The monoisotopic (exact) mass is 278 g/mol. The number of likely N-dealkylation sites (tertiary alicyclic amines) is 1. The van der Waals surface area contributed by atoms with Gasteiger partial charge in [-0.25, -0.2) is 9.97 Å². The van der Waals surface area contributed by atoms with Gasteiger partial charge in [-0.2, -0.15) is 0 Å². The van der Waals surface area contributed by atoms with Gasteiger partial charge in [0.05, 0.1) is 5.56 Å². The summed E-state index contributed by atoms with van der Waals surface area (Å²) in [5, 5.41) is 3.27. The maximum absolute atomic E-state index is 5.88. The van der Waals surface area contributed by atoms with Gasteiger partial charge in [-0.05, 0) is 39.3 Å². The average Bonchev–Trinajstić information content (AvgIpc) is 2.49. The number of rotatable bonds is 7. The van der Waals surface area contributed by atoms with E-state index in [2.05, 4.69) is 34.0 Å². The van der Waals surface area contributed by atoms with E-state index in [1.54, 1.807) is 6.33 Å². The Balaban J connectivity index is 1.89. The van der Waals surface area contributed by atoms with Crippen LogP contribution in [0, 0.1) is 0 Å². The number of hydrogen-bond acceptors (Lipinski definition) is 5. The first-order chi connectivity index (χ1) is 9.85. The molecule has 0 bridgehead atoms. The van der Waals surface area contributed by atoms with E-state index < -0.39 is 0 Å². The molecule has 2 heterocycles. The van der Waals surface area contributed by atoms with Crippen LogP contribution in [0.5, 0.6) is 5.88 Å². The third-order valence-electron chi connectivity index (χ3n) is 3.70. The second-order valence-electron chi connectivity index (χ2n) is 5.14. The molecule has 0 atom stereocenters. The maximum Gasteiger partial charge on any atom is 0.221 e. The Morgan fingerprint density at radius 1 is 1.20 bits per heavy atom. The lowest BCUT2D eigenvalue weighted by Gasteiger charge is -2.26. The highest BCUT2D eigenvalue weighted by Gasteiger charge is 2.12. The molecule has 2 rings (SSSR count). The van der Waals surface area contributed by atoms with Gasteiger partial charge in [-0.1, -0.05) is 13.3 Å². The summed E-state index contributed by atoms with van der Waals surface area (Å²) in [6.45, 7) is 9.14. The van der Waals surface area contributed by atoms with Gasteiger partial charge in [0, 0.05) is 13.1 Å². The van der Waals surface area contributed by atoms with Crippen molar-refractivity contribution >= 4 is 5.82 Å². The number of piperidine rings is 1. The Labute approximate surface area is 121 Å². The first kappa shape index (κ1) is 15.0. The van der Waals surface area contributed by atoms with Gasteiger partial charge in [0.25, 0.3) is 0 Å². The zero-order valence-corrected chi connectivity index (χ0v) is 12.7. The summed E-state index contributed by atoms with van der Waals surface area (Å²) in [7, 11) is 0. The second-order valence-corrected chi connectivity index (χ2v) is 5.14. The second kappa shape index (κ2) is 8.04. The standard InChI is InChI=1S/C15H26N4O/c1-3-13-14(16-4-2)17-12-18-15(13)20-11-10-19-8-6-5-7-9-19/h12H,3-11H2,1-2H3,(H,16,17,18). The van der Waals surface area contributed by atoms with E-state index in [9.17, 15) is 0 Å². The number of nitrogens with one attached hydrogen (secondary N) is 1. The molecule has 1 saturated heterocycles. The number of aromatic nitrogens is 2. The molecule has 1 N–H and O–H groups in total. The van der Waals surface area contributed by atoms with E-state index >= 15 is 0 Å². The Hall–Kier alpha value is -1.36. The highest BCUT2D eigenvalue weighted by Crippen LogP contribution is 2.22. The van der Waals surface area contributed by atoms with E-state index in [0.717, 1.165) is 36.8 Å². The normalized spacial score (nSPS) is 16.1. The van der Waals surface area contributed by atoms with Gasteiger partial charge < -0.3 is 10.1 Å². The van der Waals surface area contributed by atoms with Crippen LogP contribution >= 0.6 is 0 Å². The first-order valence-electron chi connectivity index (χ1n) is 7.78.